The van der Waals surface area contributed by atoms with Gasteiger partial charge in [-0.3, -0.25) is 18.9 Å². The zero-order valence-electron chi connectivity index (χ0n) is 11.8. The van der Waals surface area contributed by atoms with Crippen molar-refractivity contribution in [2.75, 3.05) is 6.61 Å². The number of hydrogen-bond donors (Lipinski definition) is 5. The van der Waals surface area contributed by atoms with Crippen LogP contribution in [0, 0.1) is 0 Å². The molecule has 0 amide bonds. The van der Waals surface area contributed by atoms with E-state index in [1.54, 1.807) is 0 Å². The molecule has 0 bridgehead atoms. The molecule has 136 valence electrons. The van der Waals surface area contributed by atoms with Gasteiger partial charge in [0.15, 0.2) is 0 Å². The first kappa shape index (κ1) is 19.2. The summed E-state index contributed by atoms with van der Waals surface area (Å²) in [6.45, 7) is -0.733. The molecule has 4 atom stereocenters. The molecular weight excluding hydrogens is 374 g/mol. The van der Waals surface area contributed by atoms with Gasteiger partial charge < -0.3 is 24.5 Å². The number of nitrogens with one attached hydrogen (secondary N) is 1. The fourth-order valence-electron chi connectivity index (χ4n) is 2.02. The molecule has 2 rings (SSSR count). The average Bonchev–Trinajstić information content (AvgIpc) is 2.75. The van der Waals surface area contributed by atoms with Gasteiger partial charge >= 0.3 is 21.3 Å². The van der Waals surface area contributed by atoms with Crippen LogP contribution in [0.5, 0.6) is 0 Å². The zero-order chi connectivity index (χ0) is 18.1. The molecule has 0 aliphatic carbocycles. The highest BCUT2D eigenvalue weighted by Crippen LogP contribution is 2.57. The first-order valence-electron chi connectivity index (χ1n) is 6.36. The Morgan fingerprint density at radius 1 is 1.33 bits per heavy atom. The van der Waals surface area contributed by atoms with Crippen LogP contribution in [0.15, 0.2) is 21.9 Å². The summed E-state index contributed by atoms with van der Waals surface area (Å²) < 4.78 is 36.1. The number of aromatic nitrogens is 2. The summed E-state index contributed by atoms with van der Waals surface area (Å²) >= 11 is 0. The summed E-state index contributed by atoms with van der Waals surface area (Å²) in [4.78, 5) is 50.7. The Balaban J connectivity index is 2.01. The number of phosphoric acid groups is 2. The lowest BCUT2D eigenvalue weighted by Gasteiger charge is -2.18. The summed E-state index contributed by atoms with van der Waals surface area (Å²) in [6, 6.07) is 1.07. The molecule has 2 heterocycles. The van der Waals surface area contributed by atoms with Crippen molar-refractivity contribution in [2.24, 2.45) is 0 Å². The van der Waals surface area contributed by atoms with Crippen molar-refractivity contribution in [2.45, 2.75) is 24.9 Å². The van der Waals surface area contributed by atoms with E-state index in [-0.39, 0.29) is 6.42 Å². The van der Waals surface area contributed by atoms with Crippen molar-refractivity contribution < 1.29 is 42.5 Å². The fourth-order valence-corrected chi connectivity index (χ4v) is 3.61. The molecule has 1 unspecified atom stereocenters. The third-order valence-electron chi connectivity index (χ3n) is 2.98. The van der Waals surface area contributed by atoms with Crippen LogP contribution in [-0.2, 0) is 22.7 Å². The second-order valence-corrected chi connectivity index (χ2v) is 7.62. The summed E-state index contributed by atoms with van der Waals surface area (Å²) in [5.41, 5.74) is -1.40. The molecule has 0 spiro atoms. The van der Waals surface area contributed by atoms with E-state index in [2.05, 4.69) is 8.83 Å². The Morgan fingerprint density at radius 2 is 2.00 bits per heavy atom. The molecule has 0 aromatic carbocycles. The van der Waals surface area contributed by atoms with Gasteiger partial charge in [-0.25, -0.2) is 13.9 Å². The number of aromatic amines is 1. The lowest BCUT2D eigenvalue weighted by atomic mass is 10.2. The van der Waals surface area contributed by atoms with Crippen molar-refractivity contribution in [1.29, 1.82) is 0 Å². The molecule has 1 fully saturated rings. The topological polar surface area (TPSA) is 198 Å². The van der Waals surface area contributed by atoms with Crippen molar-refractivity contribution >= 4 is 15.6 Å². The second-order valence-electron chi connectivity index (χ2n) is 4.79. The monoisotopic (exact) mass is 388 g/mol. The van der Waals surface area contributed by atoms with Gasteiger partial charge in [-0.2, -0.15) is 4.31 Å². The summed E-state index contributed by atoms with van der Waals surface area (Å²) in [6.07, 6.45) is -2.29. The SMILES string of the molecule is O=c1ccn([C@H]2C[C@@H](O)[C@H](COP(=O)(O)OP(=O)(O)O)O2)c(=O)[nH]1. The van der Waals surface area contributed by atoms with Crippen LogP contribution in [0.1, 0.15) is 12.6 Å². The number of aliphatic hydroxyl groups is 1. The fraction of sp³-hybridized carbons (Fsp3) is 0.556. The van der Waals surface area contributed by atoms with Gasteiger partial charge in [-0.1, -0.05) is 0 Å². The van der Waals surface area contributed by atoms with Gasteiger partial charge in [0.05, 0.1) is 12.7 Å². The minimum atomic E-state index is -5.26. The Hall–Kier alpha value is -1.14. The van der Waals surface area contributed by atoms with Crippen LogP contribution in [0.2, 0.25) is 0 Å². The van der Waals surface area contributed by atoms with Crippen molar-refractivity contribution in [3.63, 3.8) is 0 Å². The Morgan fingerprint density at radius 3 is 2.58 bits per heavy atom. The van der Waals surface area contributed by atoms with Gasteiger partial charge in [-0.15, -0.1) is 0 Å². The number of aliphatic hydroxyl groups excluding tert-OH is 1. The number of hydrogen-bond acceptors (Lipinski definition) is 8. The minimum Gasteiger partial charge on any atom is -0.390 e. The van der Waals surface area contributed by atoms with Crippen LogP contribution in [0.25, 0.3) is 0 Å². The van der Waals surface area contributed by atoms with Crippen molar-refractivity contribution in [3.05, 3.63) is 33.1 Å². The van der Waals surface area contributed by atoms with E-state index in [4.69, 9.17) is 19.4 Å². The molecule has 0 saturated carbocycles. The largest absolute Gasteiger partial charge is 0.481 e. The van der Waals surface area contributed by atoms with Crippen molar-refractivity contribution in [1.82, 2.24) is 9.55 Å². The van der Waals surface area contributed by atoms with E-state index in [0.717, 1.165) is 16.8 Å². The van der Waals surface area contributed by atoms with Crippen LogP contribution >= 0.6 is 15.6 Å². The second kappa shape index (κ2) is 7.00. The van der Waals surface area contributed by atoms with E-state index >= 15 is 0 Å². The van der Waals surface area contributed by atoms with Gasteiger partial charge in [0.2, 0.25) is 0 Å². The highest BCUT2D eigenvalue weighted by atomic mass is 31.3. The zero-order valence-corrected chi connectivity index (χ0v) is 13.6. The van der Waals surface area contributed by atoms with Gasteiger partial charge in [-0.05, 0) is 0 Å². The third-order valence-corrected chi connectivity index (χ3v) is 5.13. The molecule has 24 heavy (non-hydrogen) atoms. The predicted molar refractivity (Wildman–Crippen MR) is 74.8 cm³/mol. The summed E-state index contributed by atoms with van der Waals surface area (Å²) in [5, 5.41) is 9.84. The molecule has 1 aromatic heterocycles. The van der Waals surface area contributed by atoms with Crippen LogP contribution in [-0.4, -0.2) is 48.2 Å². The van der Waals surface area contributed by atoms with E-state index in [0.29, 0.717) is 0 Å². The number of nitrogens with zero attached hydrogens (tertiary/aromatic N) is 1. The highest BCUT2D eigenvalue weighted by molar-refractivity contribution is 7.60. The average molecular weight is 388 g/mol. The van der Waals surface area contributed by atoms with E-state index in [1.165, 1.54) is 0 Å². The van der Waals surface area contributed by atoms with Crippen LogP contribution in [0.3, 0.4) is 0 Å². The number of rotatable bonds is 6. The van der Waals surface area contributed by atoms with Crippen LogP contribution < -0.4 is 11.2 Å². The molecule has 1 saturated heterocycles. The lowest BCUT2D eigenvalue weighted by Crippen LogP contribution is -2.31. The molecule has 1 aromatic rings. The molecule has 1 aliphatic heterocycles. The van der Waals surface area contributed by atoms with Gasteiger partial charge in [0, 0.05) is 18.7 Å². The first-order valence-corrected chi connectivity index (χ1v) is 9.39. The predicted octanol–water partition coefficient (Wildman–Crippen LogP) is -1.59. The molecule has 1 aliphatic rings. The molecule has 0 radical (unpaired) electrons. The number of H-pyrrole nitrogens is 1. The number of ether oxygens (including phenoxy) is 1. The Kier molecular flexibility index (Phi) is 5.60. The normalized spacial score (nSPS) is 27.1. The van der Waals surface area contributed by atoms with Crippen LogP contribution in [0.4, 0.5) is 0 Å². The number of phosphoric ester groups is 1. The maximum absolute atomic E-state index is 11.6. The standard InChI is InChI=1S/C9H14N2O11P2/c12-5-3-8(11-2-1-7(13)10-9(11)14)21-6(5)4-20-24(18,19)22-23(15,16)17/h1-2,5-6,8,12H,3-4H2,(H,18,19)(H,10,13,14)(H2,15,16,17)/t5-,6+,8-/m1/s1. The summed E-state index contributed by atoms with van der Waals surface area (Å²) in [5.74, 6) is 0. The Bertz CT molecular complexity index is 797. The highest BCUT2D eigenvalue weighted by Gasteiger charge is 2.39. The van der Waals surface area contributed by atoms with E-state index in [1.807, 2.05) is 4.98 Å². The smallest absolute Gasteiger partial charge is 0.390 e. The van der Waals surface area contributed by atoms with Gasteiger partial charge in [0.1, 0.15) is 12.3 Å². The van der Waals surface area contributed by atoms with Gasteiger partial charge in [0.25, 0.3) is 5.56 Å². The van der Waals surface area contributed by atoms with E-state index < -0.39 is 51.9 Å². The van der Waals surface area contributed by atoms with Crippen molar-refractivity contribution in [3.8, 4) is 0 Å². The minimum absolute atomic E-state index is 0.0882. The van der Waals surface area contributed by atoms with E-state index in [9.17, 15) is 23.8 Å². The first-order chi connectivity index (χ1) is 11.0. The maximum Gasteiger partial charge on any atom is 0.481 e. The Labute approximate surface area is 133 Å². The molecule has 5 N–H and O–H groups in total. The molecular formula is C9H14N2O11P2. The summed E-state index contributed by atoms with van der Waals surface area (Å²) in [7, 11) is -10.3. The quantitative estimate of drug-likeness (QED) is 0.352. The maximum atomic E-state index is 11.6. The third kappa shape index (κ3) is 5.18. The lowest BCUT2D eigenvalue weighted by molar-refractivity contribution is -0.0450. The molecule has 13 nitrogen and oxygen atoms in total. The molecule has 15 heteroatoms.